The molecule has 82 valence electrons. The number of aromatic hydroxyl groups is 1. The van der Waals surface area contributed by atoms with Crippen LogP contribution < -0.4 is 4.74 Å². The first-order valence-electron chi connectivity index (χ1n) is 4.96. The molecule has 0 radical (unpaired) electrons. The smallest absolute Gasteiger partial charge is 0.161 e. The lowest BCUT2D eigenvalue weighted by atomic mass is 10.0. The Balaban J connectivity index is 3.17. The number of hydrogen-bond donors (Lipinski definition) is 1. The molecule has 0 aromatic heterocycles. The van der Waals surface area contributed by atoms with E-state index in [2.05, 4.69) is 0 Å². The molecule has 0 bridgehead atoms. The second kappa shape index (κ2) is 4.82. The zero-order valence-electron chi connectivity index (χ0n) is 9.33. The summed E-state index contributed by atoms with van der Waals surface area (Å²) in [6.45, 7) is 3.52. The molecule has 0 amide bonds. The fraction of sp³-hybridized carbons (Fsp3) is 0.417. The highest BCUT2D eigenvalue weighted by atomic mass is 16.5. The van der Waals surface area contributed by atoms with Crippen molar-refractivity contribution < 1.29 is 14.6 Å². The fourth-order valence-corrected chi connectivity index (χ4v) is 1.49. The van der Waals surface area contributed by atoms with E-state index in [0.29, 0.717) is 11.3 Å². The van der Waals surface area contributed by atoms with Crippen LogP contribution in [0.1, 0.15) is 25.0 Å². The molecule has 0 heterocycles. The number of Topliss-reactive ketones (excluding diaryl/α,β-unsaturated/α-hetero) is 1. The molecule has 0 saturated carbocycles. The average Bonchev–Trinajstić information content (AvgIpc) is 2.20. The summed E-state index contributed by atoms with van der Waals surface area (Å²) in [7, 11) is 1.51. The zero-order valence-corrected chi connectivity index (χ0v) is 9.33. The maximum Gasteiger partial charge on any atom is 0.161 e. The van der Waals surface area contributed by atoms with Crippen molar-refractivity contribution in [3.63, 3.8) is 0 Å². The van der Waals surface area contributed by atoms with E-state index >= 15 is 0 Å². The van der Waals surface area contributed by atoms with E-state index < -0.39 is 0 Å². The lowest BCUT2D eigenvalue weighted by molar-refractivity contribution is -0.116. The van der Waals surface area contributed by atoms with Crippen LogP contribution in [0.4, 0.5) is 0 Å². The minimum Gasteiger partial charge on any atom is -0.504 e. The first-order chi connectivity index (χ1) is 7.08. The summed E-state index contributed by atoms with van der Waals surface area (Å²) < 4.78 is 5.05. The summed E-state index contributed by atoms with van der Waals surface area (Å²) in [5.41, 5.74) is 1.69. The Kier molecular flexibility index (Phi) is 3.72. The third kappa shape index (κ3) is 2.72. The lowest BCUT2D eigenvalue weighted by Gasteiger charge is -2.10. The molecule has 0 atom stereocenters. The van der Waals surface area contributed by atoms with Gasteiger partial charge in [0.1, 0.15) is 5.78 Å². The molecule has 1 rings (SSSR count). The van der Waals surface area contributed by atoms with Gasteiger partial charge in [-0.3, -0.25) is 4.79 Å². The van der Waals surface area contributed by atoms with Crippen molar-refractivity contribution in [3.8, 4) is 11.5 Å². The number of aryl methyl sites for hydroxylation is 1. The highest BCUT2D eigenvalue weighted by molar-refractivity contribution is 5.79. The topological polar surface area (TPSA) is 46.5 Å². The molecule has 0 spiro atoms. The molecular weight excluding hydrogens is 192 g/mol. The maximum absolute atomic E-state index is 11.0. The summed E-state index contributed by atoms with van der Waals surface area (Å²) in [4.78, 5) is 11.0. The van der Waals surface area contributed by atoms with Crippen LogP contribution >= 0.6 is 0 Å². The van der Waals surface area contributed by atoms with Crippen LogP contribution in [0.5, 0.6) is 11.5 Å². The van der Waals surface area contributed by atoms with Gasteiger partial charge < -0.3 is 9.84 Å². The van der Waals surface area contributed by atoms with Crippen LogP contribution in [0.3, 0.4) is 0 Å². The van der Waals surface area contributed by atoms with Crippen molar-refractivity contribution in [2.24, 2.45) is 0 Å². The standard InChI is InChI=1S/C12H16O3/c1-4-9-6-10(5-8(2)13)12(14)11(7-9)15-3/h6-7,14H,4-5H2,1-3H3. The Morgan fingerprint density at radius 2 is 2.13 bits per heavy atom. The van der Waals surface area contributed by atoms with Gasteiger partial charge in [-0.25, -0.2) is 0 Å². The van der Waals surface area contributed by atoms with Crippen molar-refractivity contribution in [2.75, 3.05) is 7.11 Å². The summed E-state index contributed by atoms with van der Waals surface area (Å²) in [6.07, 6.45) is 1.09. The Labute approximate surface area is 89.7 Å². The van der Waals surface area contributed by atoms with Crippen molar-refractivity contribution in [3.05, 3.63) is 23.3 Å². The van der Waals surface area contributed by atoms with E-state index in [0.717, 1.165) is 12.0 Å². The molecule has 0 unspecified atom stereocenters. The number of carbonyl (C=O) groups is 1. The minimum atomic E-state index is 0.0283. The van der Waals surface area contributed by atoms with Crippen LogP contribution in [0.25, 0.3) is 0 Å². The molecule has 3 nitrogen and oxygen atoms in total. The number of phenols is 1. The Hall–Kier alpha value is -1.51. The van der Waals surface area contributed by atoms with Crippen LogP contribution in [0, 0.1) is 0 Å². The van der Waals surface area contributed by atoms with E-state index in [9.17, 15) is 9.90 Å². The van der Waals surface area contributed by atoms with Crippen LogP contribution in [-0.2, 0) is 17.6 Å². The number of phenolic OH excluding ortho intramolecular Hbond substituents is 1. The van der Waals surface area contributed by atoms with E-state index in [1.165, 1.54) is 14.0 Å². The zero-order chi connectivity index (χ0) is 11.4. The number of methoxy groups -OCH3 is 1. The van der Waals surface area contributed by atoms with Crippen molar-refractivity contribution >= 4 is 5.78 Å². The molecule has 0 fully saturated rings. The predicted octanol–water partition coefficient (Wildman–Crippen LogP) is 2.09. The molecule has 1 aromatic rings. The monoisotopic (exact) mass is 208 g/mol. The number of ether oxygens (including phenoxy) is 1. The first-order valence-corrected chi connectivity index (χ1v) is 4.96. The normalized spacial score (nSPS) is 10.1. The molecule has 1 aromatic carbocycles. The third-order valence-corrected chi connectivity index (χ3v) is 2.28. The van der Waals surface area contributed by atoms with E-state index in [1.807, 2.05) is 13.0 Å². The first kappa shape index (κ1) is 11.6. The number of carbonyl (C=O) groups excluding carboxylic acids is 1. The lowest BCUT2D eigenvalue weighted by Crippen LogP contribution is -1.99. The van der Waals surface area contributed by atoms with Gasteiger partial charge in [-0.1, -0.05) is 13.0 Å². The number of rotatable bonds is 4. The Morgan fingerprint density at radius 1 is 1.47 bits per heavy atom. The summed E-state index contributed by atoms with van der Waals surface area (Å²) >= 11 is 0. The van der Waals surface area contributed by atoms with Crippen molar-refractivity contribution in [1.29, 1.82) is 0 Å². The van der Waals surface area contributed by atoms with Crippen LogP contribution in [0.15, 0.2) is 12.1 Å². The average molecular weight is 208 g/mol. The van der Waals surface area contributed by atoms with Crippen LogP contribution in [-0.4, -0.2) is 18.0 Å². The molecule has 0 aliphatic heterocycles. The number of benzene rings is 1. The molecule has 15 heavy (non-hydrogen) atoms. The number of ketones is 1. The van der Waals surface area contributed by atoms with Gasteiger partial charge in [-0.2, -0.15) is 0 Å². The summed E-state index contributed by atoms with van der Waals surface area (Å²) in [6, 6.07) is 3.64. The third-order valence-electron chi connectivity index (χ3n) is 2.28. The van der Waals surface area contributed by atoms with Crippen LogP contribution in [0.2, 0.25) is 0 Å². The predicted molar refractivity (Wildman–Crippen MR) is 58.4 cm³/mol. The largest absolute Gasteiger partial charge is 0.504 e. The minimum absolute atomic E-state index is 0.0283. The Morgan fingerprint density at radius 3 is 2.60 bits per heavy atom. The summed E-state index contributed by atoms with van der Waals surface area (Å²) in [5.74, 6) is 0.538. The van der Waals surface area contributed by atoms with Gasteiger partial charge in [0, 0.05) is 12.0 Å². The number of hydrogen-bond acceptors (Lipinski definition) is 3. The van der Waals surface area contributed by atoms with Gasteiger partial charge in [-0.15, -0.1) is 0 Å². The van der Waals surface area contributed by atoms with Gasteiger partial charge in [0.05, 0.1) is 7.11 Å². The Bertz CT molecular complexity index is 369. The van der Waals surface area contributed by atoms with Crippen molar-refractivity contribution in [1.82, 2.24) is 0 Å². The molecule has 0 aliphatic carbocycles. The van der Waals surface area contributed by atoms with Gasteiger partial charge in [0.2, 0.25) is 0 Å². The van der Waals surface area contributed by atoms with Gasteiger partial charge in [-0.05, 0) is 25.0 Å². The summed E-state index contributed by atoms with van der Waals surface area (Å²) in [5, 5.41) is 9.78. The molecular formula is C12H16O3. The molecule has 3 heteroatoms. The van der Waals surface area contributed by atoms with E-state index in [-0.39, 0.29) is 18.0 Å². The van der Waals surface area contributed by atoms with E-state index in [1.54, 1.807) is 6.07 Å². The maximum atomic E-state index is 11.0. The second-order valence-corrected chi connectivity index (χ2v) is 3.54. The van der Waals surface area contributed by atoms with Gasteiger partial charge in [0.25, 0.3) is 0 Å². The fourth-order valence-electron chi connectivity index (χ4n) is 1.49. The highest BCUT2D eigenvalue weighted by Gasteiger charge is 2.11. The quantitative estimate of drug-likeness (QED) is 0.824. The molecule has 0 saturated heterocycles. The molecule has 0 aliphatic rings. The second-order valence-electron chi connectivity index (χ2n) is 3.54. The van der Waals surface area contributed by atoms with Gasteiger partial charge in [0.15, 0.2) is 11.5 Å². The molecule has 1 N–H and O–H groups in total. The highest BCUT2D eigenvalue weighted by Crippen LogP contribution is 2.32. The van der Waals surface area contributed by atoms with Gasteiger partial charge >= 0.3 is 0 Å². The SMILES string of the molecule is CCc1cc(CC(C)=O)c(O)c(OC)c1. The van der Waals surface area contributed by atoms with E-state index in [4.69, 9.17) is 4.74 Å². The van der Waals surface area contributed by atoms with Crippen molar-refractivity contribution in [2.45, 2.75) is 26.7 Å².